The minimum Gasteiger partial charge on any atom is -0.465 e. The third-order valence-electron chi connectivity index (χ3n) is 4.16. The van der Waals surface area contributed by atoms with Crippen LogP contribution in [0.15, 0.2) is 29.3 Å². The van der Waals surface area contributed by atoms with Crippen molar-refractivity contribution in [3.63, 3.8) is 0 Å². The quantitative estimate of drug-likeness (QED) is 0.774. The Bertz CT molecular complexity index is 600. The minimum absolute atomic E-state index is 0.393. The fourth-order valence-electron chi connectivity index (χ4n) is 2.69. The highest BCUT2D eigenvalue weighted by atomic mass is 32.2. The predicted octanol–water partition coefficient (Wildman–Crippen LogP) is 2.16. The molecule has 0 radical (unpaired) electrons. The van der Waals surface area contributed by atoms with Crippen molar-refractivity contribution < 1.29 is 13.9 Å². The highest BCUT2D eigenvalue weighted by Gasteiger charge is 2.34. The summed E-state index contributed by atoms with van der Waals surface area (Å²) >= 11 is 1.19. The molecule has 0 amide bonds. The fraction of sp³-hybridized carbons (Fsp3) is 0.500. The van der Waals surface area contributed by atoms with Crippen molar-refractivity contribution in [1.82, 2.24) is 9.80 Å². The summed E-state index contributed by atoms with van der Waals surface area (Å²) in [5.74, 6) is -0.393. The maximum atomic E-state index is 14.4. The van der Waals surface area contributed by atoms with Gasteiger partial charge in [-0.25, -0.2) is 9.18 Å². The molecule has 2 atom stereocenters. The summed E-state index contributed by atoms with van der Waals surface area (Å²) in [4.78, 5) is 20.4. The van der Waals surface area contributed by atoms with Gasteiger partial charge in [-0.1, -0.05) is 12.1 Å². The standard InChI is InChI=1S/C16H20FN3O2S/c1-19-7-9-20(10-8-19)16-18-13(14(17)23-16)11-3-5-12(6-4-11)15(21)22-2/h3-6,13-14H,7-10H2,1-2H3. The van der Waals surface area contributed by atoms with Crippen molar-refractivity contribution in [3.8, 4) is 0 Å². The van der Waals surface area contributed by atoms with Gasteiger partial charge in [0.2, 0.25) is 0 Å². The van der Waals surface area contributed by atoms with Crippen molar-refractivity contribution in [3.05, 3.63) is 35.4 Å². The van der Waals surface area contributed by atoms with Crippen LogP contribution in [-0.4, -0.2) is 66.8 Å². The normalized spacial score (nSPS) is 25.3. The first-order chi connectivity index (χ1) is 11.1. The first-order valence-electron chi connectivity index (χ1n) is 7.59. The molecule has 2 unspecified atom stereocenters. The number of benzene rings is 1. The van der Waals surface area contributed by atoms with E-state index in [1.54, 1.807) is 24.3 Å². The number of piperazine rings is 1. The monoisotopic (exact) mass is 337 g/mol. The molecule has 0 bridgehead atoms. The summed E-state index contributed by atoms with van der Waals surface area (Å²) in [6.07, 6.45) is 0. The van der Waals surface area contributed by atoms with Crippen LogP contribution < -0.4 is 0 Å². The molecule has 0 N–H and O–H groups in total. The number of hydrogen-bond donors (Lipinski definition) is 0. The Morgan fingerprint density at radius 1 is 1.26 bits per heavy atom. The zero-order valence-electron chi connectivity index (χ0n) is 13.2. The smallest absolute Gasteiger partial charge is 0.337 e. The van der Waals surface area contributed by atoms with Crippen molar-refractivity contribution in [2.24, 2.45) is 4.99 Å². The largest absolute Gasteiger partial charge is 0.465 e. The summed E-state index contributed by atoms with van der Waals surface area (Å²) in [5.41, 5.74) is 0.149. The molecule has 2 heterocycles. The average molecular weight is 337 g/mol. The number of rotatable bonds is 2. The van der Waals surface area contributed by atoms with Gasteiger partial charge in [-0.2, -0.15) is 0 Å². The molecular weight excluding hydrogens is 317 g/mol. The highest BCUT2D eigenvalue weighted by molar-refractivity contribution is 8.14. The number of nitrogens with zero attached hydrogens (tertiary/aromatic N) is 3. The van der Waals surface area contributed by atoms with Gasteiger partial charge in [0, 0.05) is 26.2 Å². The van der Waals surface area contributed by atoms with Crippen LogP contribution in [0.1, 0.15) is 22.0 Å². The van der Waals surface area contributed by atoms with Gasteiger partial charge in [-0.15, -0.1) is 0 Å². The topological polar surface area (TPSA) is 45.1 Å². The van der Waals surface area contributed by atoms with Crippen molar-refractivity contribution in [2.45, 2.75) is 11.5 Å². The van der Waals surface area contributed by atoms with Crippen LogP contribution in [0, 0.1) is 0 Å². The zero-order chi connectivity index (χ0) is 16.4. The Kier molecular flexibility index (Phi) is 4.87. The van der Waals surface area contributed by atoms with Crippen LogP contribution in [0.2, 0.25) is 0 Å². The van der Waals surface area contributed by atoms with Crippen LogP contribution in [0.25, 0.3) is 0 Å². The summed E-state index contributed by atoms with van der Waals surface area (Å²) < 4.78 is 19.1. The molecular formula is C16H20FN3O2S. The van der Waals surface area contributed by atoms with E-state index in [1.807, 2.05) is 0 Å². The van der Waals surface area contributed by atoms with E-state index in [0.29, 0.717) is 5.56 Å². The third-order valence-corrected chi connectivity index (χ3v) is 5.22. The van der Waals surface area contributed by atoms with Gasteiger partial charge in [0.1, 0.15) is 6.04 Å². The van der Waals surface area contributed by atoms with Gasteiger partial charge < -0.3 is 14.5 Å². The van der Waals surface area contributed by atoms with Crippen LogP contribution in [0.4, 0.5) is 4.39 Å². The lowest BCUT2D eigenvalue weighted by Crippen LogP contribution is -2.46. The van der Waals surface area contributed by atoms with E-state index in [1.165, 1.54) is 18.9 Å². The molecule has 0 spiro atoms. The van der Waals surface area contributed by atoms with Crippen molar-refractivity contribution in [2.75, 3.05) is 40.3 Å². The average Bonchev–Trinajstić information content (AvgIpc) is 2.96. The Balaban J connectivity index is 1.73. The maximum absolute atomic E-state index is 14.4. The van der Waals surface area contributed by atoms with E-state index in [9.17, 15) is 9.18 Å². The number of methoxy groups -OCH3 is 1. The van der Waals surface area contributed by atoms with Crippen molar-refractivity contribution in [1.29, 1.82) is 0 Å². The first-order valence-corrected chi connectivity index (χ1v) is 8.47. The summed E-state index contributed by atoms with van der Waals surface area (Å²) in [7, 11) is 3.43. The van der Waals surface area contributed by atoms with Gasteiger partial charge in [0.05, 0.1) is 12.7 Å². The van der Waals surface area contributed by atoms with Crippen LogP contribution >= 0.6 is 11.8 Å². The molecule has 1 aromatic rings. The molecule has 0 aromatic heterocycles. The lowest BCUT2D eigenvalue weighted by molar-refractivity contribution is 0.0600. The minimum atomic E-state index is -1.09. The molecule has 1 fully saturated rings. The van der Waals surface area contributed by atoms with E-state index in [4.69, 9.17) is 0 Å². The highest BCUT2D eigenvalue weighted by Crippen LogP contribution is 2.39. The van der Waals surface area contributed by atoms with Crippen molar-refractivity contribution >= 4 is 22.9 Å². The van der Waals surface area contributed by atoms with Crippen LogP contribution in [0.5, 0.6) is 0 Å². The Morgan fingerprint density at radius 2 is 1.91 bits per heavy atom. The molecule has 0 aliphatic carbocycles. The molecule has 1 aromatic carbocycles. The number of esters is 1. The van der Waals surface area contributed by atoms with E-state index >= 15 is 0 Å². The molecule has 3 rings (SSSR count). The lowest BCUT2D eigenvalue weighted by atomic mass is 10.1. The lowest BCUT2D eigenvalue weighted by Gasteiger charge is -2.33. The molecule has 0 saturated carbocycles. The fourth-order valence-corrected chi connectivity index (χ4v) is 3.74. The first kappa shape index (κ1) is 16.3. The van der Waals surface area contributed by atoms with Gasteiger partial charge in [-0.3, -0.25) is 4.99 Å². The molecule has 2 aliphatic heterocycles. The predicted molar refractivity (Wildman–Crippen MR) is 89.5 cm³/mol. The van der Waals surface area contributed by atoms with Gasteiger partial charge in [0.15, 0.2) is 10.7 Å². The molecule has 5 nitrogen and oxygen atoms in total. The second kappa shape index (κ2) is 6.88. The van der Waals surface area contributed by atoms with E-state index < -0.39 is 17.5 Å². The molecule has 124 valence electrons. The number of amidine groups is 1. The molecule has 2 aliphatic rings. The number of alkyl halides is 1. The SMILES string of the molecule is COC(=O)c1ccc(C2N=C(N3CCN(C)CC3)SC2F)cc1. The Labute approximate surface area is 139 Å². The van der Waals surface area contributed by atoms with Crippen LogP contribution in [0.3, 0.4) is 0 Å². The number of ether oxygens (including phenoxy) is 1. The third kappa shape index (κ3) is 3.50. The molecule has 1 saturated heterocycles. The van der Waals surface area contributed by atoms with E-state index in [0.717, 1.165) is 36.9 Å². The van der Waals surface area contributed by atoms with Crippen LogP contribution in [-0.2, 0) is 4.74 Å². The van der Waals surface area contributed by atoms with Gasteiger partial charge >= 0.3 is 5.97 Å². The summed E-state index contributed by atoms with van der Waals surface area (Å²) in [5, 5.41) is 0.785. The number of carbonyl (C=O) groups excluding carboxylic acids is 1. The summed E-state index contributed by atoms with van der Waals surface area (Å²) in [6.45, 7) is 3.69. The number of thioether (sulfide) groups is 1. The Morgan fingerprint density at radius 3 is 2.52 bits per heavy atom. The number of likely N-dealkylation sites (N-methyl/N-ethyl adjacent to an activating group) is 1. The maximum Gasteiger partial charge on any atom is 0.337 e. The number of hydrogen-bond acceptors (Lipinski definition) is 6. The second-order valence-electron chi connectivity index (χ2n) is 5.73. The van der Waals surface area contributed by atoms with Gasteiger partial charge in [0.25, 0.3) is 0 Å². The Hall–Kier alpha value is -1.60. The van der Waals surface area contributed by atoms with Gasteiger partial charge in [-0.05, 0) is 36.5 Å². The zero-order valence-corrected chi connectivity index (χ0v) is 14.1. The van der Waals surface area contributed by atoms with E-state index in [-0.39, 0.29) is 0 Å². The molecule has 23 heavy (non-hydrogen) atoms. The summed E-state index contributed by atoms with van der Waals surface area (Å²) in [6, 6.07) is 6.30. The van der Waals surface area contributed by atoms with E-state index in [2.05, 4.69) is 26.6 Å². The molecule has 7 heteroatoms. The number of halogens is 1. The second-order valence-corrected chi connectivity index (χ2v) is 6.78. The number of carbonyl (C=O) groups is 1. The number of aliphatic imine (C=N–C) groups is 1.